The van der Waals surface area contributed by atoms with Gasteiger partial charge in [-0.2, -0.15) is 0 Å². The van der Waals surface area contributed by atoms with Crippen LogP contribution in [0.3, 0.4) is 0 Å². The van der Waals surface area contributed by atoms with Gasteiger partial charge in [0.1, 0.15) is 5.83 Å². The summed E-state index contributed by atoms with van der Waals surface area (Å²) in [6.07, 6.45) is 0.906. The first-order valence-electron chi connectivity index (χ1n) is 2.30. The second-order valence-corrected chi connectivity index (χ2v) is 1.63. The Hall–Kier alpha value is -0.400. The summed E-state index contributed by atoms with van der Waals surface area (Å²) in [5.74, 6) is -0.583. The molecular formula is C5H6F2. The van der Waals surface area contributed by atoms with Gasteiger partial charge in [0.05, 0.1) is 0 Å². The Morgan fingerprint density at radius 2 is 2.43 bits per heavy atom. The maximum absolute atomic E-state index is 11.9. The Balaban J connectivity index is 2.54. The van der Waals surface area contributed by atoms with Crippen LogP contribution in [-0.4, -0.2) is 6.17 Å². The van der Waals surface area contributed by atoms with E-state index < -0.39 is 12.0 Å². The molecule has 0 N–H and O–H groups in total. The highest BCUT2D eigenvalue weighted by Gasteiger charge is 2.16. The molecule has 0 aromatic rings. The van der Waals surface area contributed by atoms with Gasteiger partial charge in [0.2, 0.25) is 0 Å². The Bertz CT molecular complexity index is 96.3. The molecule has 0 aliphatic heterocycles. The molecule has 7 heavy (non-hydrogen) atoms. The Labute approximate surface area is 40.8 Å². The molecule has 0 saturated carbocycles. The highest BCUT2D eigenvalue weighted by atomic mass is 19.2. The molecule has 40 valence electrons. The monoisotopic (exact) mass is 104 g/mol. The molecule has 2 heteroatoms. The van der Waals surface area contributed by atoms with Gasteiger partial charge in [-0.05, 0) is 18.9 Å². The van der Waals surface area contributed by atoms with Gasteiger partial charge in [0, 0.05) is 0 Å². The third-order valence-electron chi connectivity index (χ3n) is 1.06. The maximum Gasteiger partial charge on any atom is 0.151 e. The summed E-state index contributed by atoms with van der Waals surface area (Å²) in [7, 11) is 0. The van der Waals surface area contributed by atoms with E-state index in [1.165, 1.54) is 6.08 Å². The maximum atomic E-state index is 11.9. The normalized spacial score (nSPS) is 30.6. The fourth-order valence-electron chi connectivity index (χ4n) is 0.633. The van der Waals surface area contributed by atoms with E-state index in [9.17, 15) is 8.78 Å². The SMILES string of the molecule is FC1=CCCC1F. The summed E-state index contributed by atoms with van der Waals surface area (Å²) < 4.78 is 23.7. The molecule has 1 atom stereocenters. The molecule has 0 nitrogen and oxygen atoms in total. The summed E-state index contributed by atoms with van der Waals surface area (Å²) >= 11 is 0. The minimum Gasteiger partial charge on any atom is -0.240 e. The molecule has 0 heterocycles. The lowest BCUT2D eigenvalue weighted by molar-refractivity contribution is 0.331. The van der Waals surface area contributed by atoms with Gasteiger partial charge in [-0.25, -0.2) is 8.78 Å². The standard InChI is InChI=1S/C5H6F2/c6-4-2-1-3-5(4)7/h2,5H,1,3H2. The van der Waals surface area contributed by atoms with E-state index in [1.807, 2.05) is 0 Å². The molecule has 1 aliphatic carbocycles. The minimum absolute atomic E-state index is 0.339. The van der Waals surface area contributed by atoms with Crippen LogP contribution < -0.4 is 0 Å². The van der Waals surface area contributed by atoms with Crippen molar-refractivity contribution in [3.05, 3.63) is 11.9 Å². The predicted octanol–water partition coefficient (Wildman–Crippen LogP) is 1.97. The highest BCUT2D eigenvalue weighted by molar-refractivity contribution is 5.05. The average molecular weight is 104 g/mol. The first kappa shape index (κ1) is 4.75. The number of hydrogen-bond acceptors (Lipinski definition) is 0. The van der Waals surface area contributed by atoms with Crippen molar-refractivity contribution in [2.75, 3.05) is 0 Å². The van der Waals surface area contributed by atoms with E-state index in [1.54, 1.807) is 0 Å². The Kier molecular flexibility index (Phi) is 1.09. The molecule has 1 aliphatic rings. The molecule has 1 unspecified atom stereocenters. The van der Waals surface area contributed by atoms with Gasteiger partial charge >= 0.3 is 0 Å². The average Bonchev–Trinajstić information content (AvgIpc) is 1.91. The Morgan fingerprint density at radius 1 is 1.71 bits per heavy atom. The van der Waals surface area contributed by atoms with Crippen LogP contribution in [0.1, 0.15) is 12.8 Å². The van der Waals surface area contributed by atoms with Crippen LogP contribution in [-0.2, 0) is 0 Å². The molecule has 0 saturated heterocycles. The number of rotatable bonds is 0. The van der Waals surface area contributed by atoms with Crippen LogP contribution >= 0.6 is 0 Å². The number of alkyl halides is 1. The fraction of sp³-hybridized carbons (Fsp3) is 0.600. The third-order valence-corrected chi connectivity index (χ3v) is 1.06. The third kappa shape index (κ3) is 0.787. The van der Waals surface area contributed by atoms with E-state index in [-0.39, 0.29) is 0 Å². The predicted molar refractivity (Wildman–Crippen MR) is 23.3 cm³/mol. The molecule has 1 rings (SSSR count). The molecule has 0 bridgehead atoms. The zero-order valence-electron chi connectivity index (χ0n) is 3.82. The summed E-state index contributed by atoms with van der Waals surface area (Å²) in [5, 5.41) is 0. The lowest BCUT2D eigenvalue weighted by Crippen LogP contribution is -1.90. The van der Waals surface area contributed by atoms with Crippen molar-refractivity contribution in [3.8, 4) is 0 Å². The molecule has 0 aromatic carbocycles. The van der Waals surface area contributed by atoms with Crippen LogP contribution in [0.25, 0.3) is 0 Å². The van der Waals surface area contributed by atoms with Gasteiger partial charge < -0.3 is 0 Å². The van der Waals surface area contributed by atoms with Crippen LogP contribution in [0.15, 0.2) is 11.9 Å². The van der Waals surface area contributed by atoms with Crippen molar-refractivity contribution in [1.82, 2.24) is 0 Å². The van der Waals surface area contributed by atoms with Crippen molar-refractivity contribution in [2.24, 2.45) is 0 Å². The van der Waals surface area contributed by atoms with Gasteiger partial charge in [0.15, 0.2) is 6.17 Å². The van der Waals surface area contributed by atoms with E-state index in [4.69, 9.17) is 0 Å². The molecule has 0 spiro atoms. The first-order valence-corrected chi connectivity index (χ1v) is 2.30. The molecular weight excluding hydrogens is 98.1 g/mol. The van der Waals surface area contributed by atoms with Crippen LogP contribution in [0.5, 0.6) is 0 Å². The van der Waals surface area contributed by atoms with Gasteiger partial charge in [0.25, 0.3) is 0 Å². The van der Waals surface area contributed by atoms with Crippen LogP contribution in [0.2, 0.25) is 0 Å². The fourth-order valence-corrected chi connectivity index (χ4v) is 0.633. The zero-order chi connectivity index (χ0) is 5.28. The topological polar surface area (TPSA) is 0 Å². The Morgan fingerprint density at radius 3 is 2.57 bits per heavy atom. The largest absolute Gasteiger partial charge is 0.240 e. The quantitative estimate of drug-likeness (QED) is 0.440. The molecule has 0 fully saturated rings. The summed E-state index contributed by atoms with van der Waals surface area (Å²) in [5.41, 5.74) is 0. The van der Waals surface area contributed by atoms with E-state index in [0.717, 1.165) is 0 Å². The molecule has 0 radical (unpaired) electrons. The smallest absolute Gasteiger partial charge is 0.151 e. The highest BCUT2D eigenvalue weighted by Crippen LogP contribution is 2.21. The van der Waals surface area contributed by atoms with Crippen molar-refractivity contribution in [2.45, 2.75) is 19.0 Å². The summed E-state index contributed by atoms with van der Waals surface area (Å²) in [4.78, 5) is 0. The van der Waals surface area contributed by atoms with Crippen LogP contribution in [0, 0.1) is 0 Å². The zero-order valence-corrected chi connectivity index (χ0v) is 3.82. The van der Waals surface area contributed by atoms with Crippen LogP contribution in [0.4, 0.5) is 8.78 Å². The lowest BCUT2D eigenvalue weighted by Gasteiger charge is -1.90. The number of allylic oxidation sites excluding steroid dienone is 2. The van der Waals surface area contributed by atoms with E-state index in [0.29, 0.717) is 12.8 Å². The summed E-state index contributed by atoms with van der Waals surface area (Å²) in [6, 6.07) is 0. The van der Waals surface area contributed by atoms with Gasteiger partial charge in [-0.15, -0.1) is 0 Å². The minimum atomic E-state index is -1.29. The second-order valence-electron chi connectivity index (χ2n) is 1.63. The van der Waals surface area contributed by atoms with Crippen molar-refractivity contribution < 1.29 is 8.78 Å². The van der Waals surface area contributed by atoms with E-state index >= 15 is 0 Å². The van der Waals surface area contributed by atoms with E-state index in [2.05, 4.69) is 0 Å². The van der Waals surface area contributed by atoms with Crippen molar-refractivity contribution in [1.29, 1.82) is 0 Å². The summed E-state index contributed by atoms with van der Waals surface area (Å²) in [6.45, 7) is 0. The van der Waals surface area contributed by atoms with Crippen molar-refractivity contribution >= 4 is 0 Å². The number of hydrogen-bond donors (Lipinski definition) is 0. The van der Waals surface area contributed by atoms with Crippen molar-refractivity contribution in [3.63, 3.8) is 0 Å². The first-order chi connectivity index (χ1) is 3.30. The van der Waals surface area contributed by atoms with Gasteiger partial charge in [-0.1, -0.05) is 0 Å². The lowest BCUT2D eigenvalue weighted by atomic mass is 10.3. The second kappa shape index (κ2) is 1.60. The van der Waals surface area contributed by atoms with Gasteiger partial charge in [-0.3, -0.25) is 0 Å². The number of halogens is 2. The molecule has 0 amide bonds. The molecule has 0 aromatic heterocycles.